The molecule has 2 nitrogen and oxygen atoms in total. The number of nitrogens with one attached hydrogen (secondary N) is 1. The Balaban J connectivity index is 1.49. The highest BCUT2D eigenvalue weighted by atomic mass is 15.2. The molecule has 0 saturated heterocycles. The van der Waals surface area contributed by atoms with Crippen LogP contribution in [0.5, 0.6) is 0 Å². The normalized spacial score (nSPS) is 17.7. The first kappa shape index (κ1) is 16.3. The van der Waals surface area contributed by atoms with Crippen LogP contribution < -0.4 is 0 Å². The van der Waals surface area contributed by atoms with Crippen LogP contribution >= 0.6 is 0 Å². The second-order valence-electron chi connectivity index (χ2n) is 7.63. The standard InChI is InChI=1S/C25H24N2/c1-18-9-12-24-22(14-18)23(16-26-24)25-8-4-5-13-27(25)17-19-10-11-20-6-2-3-7-21(20)15-19/h2-7,9-12,14-16,25-26H,8,13,17H2,1H3. The lowest BCUT2D eigenvalue weighted by Crippen LogP contribution is -2.30. The number of H-pyrrole nitrogens is 1. The Kier molecular flexibility index (Phi) is 4.06. The van der Waals surface area contributed by atoms with E-state index in [1.165, 1.54) is 38.4 Å². The molecule has 0 bridgehead atoms. The number of aryl methyl sites for hydroxylation is 1. The van der Waals surface area contributed by atoms with Gasteiger partial charge in [0.1, 0.15) is 0 Å². The molecule has 27 heavy (non-hydrogen) atoms. The molecule has 0 radical (unpaired) electrons. The first-order valence-corrected chi connectivity index (χ1v) is 9.72. The number of aromatic nitrogens is 1. The van der Waals surface area contributed by atoms with E-state index in [1.54, 1.807) is 0 Å². The van der Waals surface area contributed by atoms with Gasteiger partial charge < -0.3 is 4.98 Å². The summed E-state index contributed by atoms with van der Waals surface area (Å²) >= 11 is 0. The van der Waals surface area contributed by atoms with Gasteiger partial charge in [-0.1, -0.05) is 60.2 Å². The van der Waals surface area contributed by atoms with Gasteiger partial charge in [0.25, 0.3) is 0 Å². The molecule has 0 amide bonds. The van der Waals surface area contributed by atoms with Crippen LogP contribution in [0.3, 0.4) is 0 Å². The fraction of sp³-hybridized carbons (Fsp3) is 0.200. The molecule has 1 atom stereocenters. The summed E-state index contributed by atoms with van der Waals surface area (Å²) in [5.74, 6) is 0. The summed E-state index contributed by atoms with van der Waals surface area (Å²) in [5, 5.41) is 3.99. The van der Waals surface area contributed by atoms with Gasteiger partial charge in [-0.25, -0.2) is 0 Å². The molecule has 1 aliphatic heterocycles. The molecule has 2 heterocycles. The predicted molar refractivity (Wildman–Crippen MR) is 114 cm³/mol. The fourth-order valence-electron chi connectivity index (χ4n) is 4.31. The van der Waals surface area contributed by atoms with E-state index >= 15 is 0 Å². The van der Waals surface area contributed by atoms with Crippen molar-refractivity contribution in [3.05, 3.63) is 95.7 Å². The molecular weight excluding hydrogens is 328 g/mol. The van der Waals surface area contributed by atoms with E-state index in [4.69, 9.17) is 0 Å². The predicted octanol–water partition coefficient (Wildman–Crippen LogP) is 6.13. The van der Waals surface area contributed by atoms with E-state index < -0.39 is 0 Å². The third-order valence-corrected chi connectivity index (χ3v) is 5.73. The number of nitrogens with zero attached hydrogens (tertiary/aromatic N) is 1. The maximum Gasteiger partial charge on any atom is 0.0457 e. The Labute approximate surface area is 160 Å². The summed E-state index contributed by atoms with van der Waals surface area (Å²) < 4.78 is 0. The molecule has 134 valence electrons. The average Bonchev–Trinajstić information content (AvgIpc) is 3.11. The van der Waals surface area contributed by atoms with Crippen LogP contribution in [0, 0.1) is 6.92 Å². The highest BCUT2D eigenvalue weighted by Gasteiger charge is 2.24. The van der Waals surface area contributed by atoms with Crippen molar-refractivity contribution in [1.82, 2.24) is 9.88 Å². The maximum absolute atomic E-state index is 3.47. The van der Waals surface area contributed by atoms with Gasteiger partial charge in [0.15, 0.2) is 0 Å². The summed E-state index contributed by atoms with van der Waals surface area (Å²) in [5.41, 5.74) is 5.34. The molecule has 1 N–H and O–H groups in total. The highest BCUT2D eigenvalue weighted by molar-refractivity contribution is 5.84. The second kappa shape index (κ2) is 6.71. The third-order valence-electron chi connectivity index (χ3n) is 5.73. The molecule has 2 heteroatoms. The monoisotopic (exact) mass is 352 g/mol. The Morgan fingerprint density at radius 2 is 1.85 bits per heavy atom. The summed E-state index contributed by atoms with van der Waals surface area (Å²) in [6.07, 6.45) is 7.91. The minimum absolute atomic E-state index is 0.414. The summed E-state index contributed by atoms with van der Waals surface area (Å²) in [7, 11) is 0. The van der Waals surface area contributed by atoms with Gasteiger partial charge in [-0.3, -0.25) is 4.90 Å². The number of fused-ring (bicyclic) bond motifs is 2. The maximum atomic E-state index is 3.47. The number of rotatable bonds is 3. The van der Waals surface area contributed by atoms with Crippen molar-refractivity contribution in [1.29, 1.82) is 0 Å². The minimum Gasteiger partial charge on any atom is -0.361 e. The van der Waals surface area contributed by atoms with Gasteiger partial charge in [0, 0.05) is 36.2 Å². The molecule has 1 aromatic heterocycles. The third kappa shape index (κ3) is 3.07. The highest BCUT2D eigenvalue weighted by Crippen LogP contribution is 2.34. The summed E-state index contributed by atoms with van der Waals surface area (Å²) in [6.45, 7) is 4.14. The van der Waals surface area contributed by atoms with Crippen molar-refractivity contribution in [3.63, 3.8) is 0 Å². The van der Waals surface area contributed by atoms with Crippen molar-refractivity contribution in [2.45, 2.75) is 25.9 Å². The van der Waals surface area contributed by atoms with E-state index in [0.29, 0.717) is 6.04 Å². The summed E-state index contributed by atoms with van der Waals surface area (Å²) in [4.78, 5) is 6.06. The van der Waals surface area contributed by atoms with Crippen LogP contribution in [0.25, 0.3) is 21.7 Å². The van der Waals surface area contributed by atoms with Gasteiger partial charge in [-0.2, -0.15) is 0 Å². The lowest BCUT2D eigenvalue weighted by atomic mass is 9.97. The fourth-order valence-corrected chi connectivity index (χ4v) is 4.31. The molecule has 5 rings (SSSR count). The SMILES string of the molecule is Cc1ccc2[nH]cc(C3CC=CCN3Cc3ccc4ccccc4c3)c2c1. The average molecular weight is 352 g/mol. The number of hydrogen-bond donors (Lipinski definition) is 1. The van der Waals surface area contributed by atoms with Crippen LogP contribution in [-0.2, 0) is 6.54 Å². The van der Waals surface area contributed by atoms with Crippen molar-refractivity contribution >= 4 is 21.7 Å². The first-order valence-electron chi connectivity index (χ1n) is 9.72. The van der Waals surface area contributed by atoms with E-state index in [2.05, 4.69) is 95.8 Å². The second-order valence-corrected chi connectivity index (χ2v) is 7.63. The van der Waals surface area contributed by atoms with Gasteiger partial charge in [-0.05, 0) is 53.4 Å². The molecule has 0 fully saturated rings. The quantitative estimate of drug-likeness (QED) is 0.439. The van der Waals surface area contributed by atoms with Crippen LogP contribution in [0.4, 0.5) is 0 Å². The van der Waals surface area contributed by atoms with E-state index in [1.807, 2.05) is 0 Å². The zero-order valence-corrected chi connectivity index (χ0v) is 15.7. The number of hydrogen-bond acceptors (Lipinski definition) is 1. The number of aromatic amines is 1. The Morgan fingerprint density at radius 1 is 0.963 bits per heavy atom. The smallest absolute Gasteiger partial charge is 0.0457 e. The van der Waals surface area contributed by atoms with Gasteiger partial charge >= 0.3 is 0 Å². The largest absolute Gasteiger partial charge is 0.361 e. The van der Waals surface area contributed by atoms with E-state index in [-0.39, 0.29) is 0 Å². The van der Waals surface area contributed by atoms with Gasteiger partial charge in [0.05, 0.1) is 0 Å². The molecule has 0 saturated carbocycles. The summed E-state index contributed by atoms with van der Waals surface area (Å²) in [6, 6.07) is 22.6. The van der Waals surface area contributed by atoms with Gasteiger partial charge in [-0.15, -0.1) is 0 Å². The molecule has 3 aromatic carbocycles. The number of benzene rings is 3. The topological polar surface area (TPSA) is 19.0 Å². The zero-order valence-electron chi connectivity index (χ0n) is 15.7. The van der Waals surface area contributed by atoms with Crippen molar-refractivity contribution in [2.24, 2.45) is 0 Å². The van der Waals surface area contributed by atoms with Crippen molar-refractivity contribution in [3.8, 4) is 0 Å². The van der Waals surface area contributed by atoms with Crippen molar-refractivity contribution in [2.75, 3.05) is 6.54 Å². The Morgan fingerprint density at radius 3 is 2.78 bits per heavy atom. The van der Waals surface area contributed by atoms with Crippen LogP contribution in [0.1, 0.15) is 29.2 Å². The lowest BCUT2D eigenvalue weighted by Gasteiger charge is -2.33. The van der Waals surface area contributed by atoms with Crippen LogP contribution in [0.2, 0.25) is 0 Å². The van der Waals surface area contributed by atoms with Crippen LogP contribution in [0.15, 0.2) is 79.0 Å². The molecule has 0 aliphatic carbocycles. The Hall–Kier alpha value is -2.84. The lowest BCUT2D eigenvalue weighted by molar-refractivity contribution is 0.203. The molecule has 4 aromatic rings. The van der Waals surface area contributed by atoms with Gasteiger partial charge in [0.2, 0.25) is 0 Å². The van der Waals surface area contributed by atoms with E-state index in [0.717, 1.165) is 19.5 Å². The first-order chi connectivity index (χ1) is 13.3. The molecule has 0 spiro atoms. The molecule has 1 unspecified atom stereocenters. The van der Waals surface area contributed by atoms with Crippen molar-refractivity contribution < 1.29 is 0 Å². The Bertz CT molecular complexity index is 1140. The molecule has 1 aliphatic rings. The van der Waals surface area contributed by atoms with E-state index in [9.17, 15) is 0 Å². The zero-order chi connectivity index (χ0) is 18.2. The van der Waals surface area contributed by atoms with Crippen LogP contribution in [-0.4, -0.2) is 16.4 Å². The minimum atomic E-state index is 0.414. The molecular formula is C25H24N2.